The second kappa shape index (κ2) is 3.63. The van der Waals surface area contributed by atoms with E-state index in [1.807, 2.05) is 0 Å². The molecule has 1 aromatic heterocycles. The summed E-state index contributed by atoms with van der Waals surface area (Å²) in [5.74, 6) is -0.574. The van der Waals surface area contributed by atoms with Gasteiger partial charge in [-0.1, -0.05) is 0 Å². The summed E-state index contributed by atoms with van der Waals surface area (Å²) in [6, 6.07) is 2.67. The highest BCUT2D eigenvalue weighted by molar-refractivity contribution is 5.76. The second-order valence-electron chi connectivity index (χ2n) is 2.12. The summed E-state index contributed by atoms with van der Waals surface area (Å²) in [7, 11) is 0. The van der Waals surface area contributed by atoms with Gasteiger partial charge in [0.25, 0.3) is 5.56 Å². The molecule has 6 nitrogen and oxygen atoms in total. The van der Waals surface area contributed by atoms with Crippen LogP contribution in [-0.4, -0.2) is 21.3 Å². The van der Waals surface area contributed by atoms with Gasteiger partial charge < -0.3 is 0 Å². The van der Waals surface area contributed by atoms with Gasteiger partial charge in [-0.3, -0.25) is 14.8 Å². The number of carbonyl (C=O) groups is 1. The molecule has 1 heterocycles. The summed E-state index contributed by atoms with van der Waals surface area (Å²) in [5, 5.41) is 13.9. The molecule has 0 aliphatic carbocycles. The van der Waals surface area contributed by atoms with Crippen molar-refractivity contribution in [2.75, 3.05) is 0 Å². The van der Waals surface area contributed by atoms with Gasteiger partial charge in [0.2, 0.25) is 5.91 Å². The van der Waals surface area contributed by atoms with Gasteiger partial charge >= 0.3 is 0 Å². The first-order chi connectivity index (χ1) is 5.72. The summed E-state index contributed by atoms with van der Waals surface area (Å²) < 4.78 is 0. The number of rotatable bonds is 2. The molecule has 0 aromatic carbocycles. The Labute approximate surface area is 67.2 Å². The lowest BCUT2D eigenvalue weighted by molar-refractivity contribution is -0.128. The molecule has 0 aliphatic heterocycles. The van der Waals surface area contributed by atoms with Crippen molar-refractivity contribution >= 4 is 5.91 Å². The van der Waals surface area contributed by atoms with E-state index >= 15 is 0 Å². The van der Waals surface area contributed by atoms with Crippen LogP contribution in [0.4, 0.5) is 0 Å². The van der Waals surface area contributed by atoms with Crippen molar-refractivity contribution < 1.29 is 10.0 Å². The molecule has 0 spiro atoms. The number of hydrogen-bond acceptors (Lipinski definition) is 4. The number of hydrogen-bond donors (Lipinski definition) is 3. The molecule has 12 heavy (non-hydrogen) atoms. The molecule has 0 aliphatic rings. The summed E-state index contributed by atoms with van der Waals surface area (Å²) >= 11 is 0. The van der Waals surface area contributed by atoms with Crippen molar-refractivity contribution in [3.63, 3.8) is 0 Å². The number of nitrogens with one attached hydrogen (secondary N) is 2. The third-order valence-electron chi connectivity index (χ3n) is 1.20. The summed E-state index contributed by atoms with van der Waals surface area (Å²) in [5.41, 5.74) is 1.52. The number of aromatic nitrogens is 2. The van der Waals surface area contributed by atoms with Crippen molar-refractivity contribution in [2.45, 2.75) is 6.42 Å². The van der Waals surface area contributed by atoms with Crippen molar-refractivity contribution in [3.8, 4) is 0 Å². The lowest BCUT2D eigenvalue weighted by atomic mass is 10.3. The topological polar surface area (TPSA) is 95.1 Å². The van der Waals surface area contributed by atoms with E-state index < -0.39 is 5.91 Å². The minimum Gasteiger partial charge on any atom is -0.289 e. The Hall–Kier alpha value is -1.69. The highest BCUT2D eigenvalue weighted by atomic mass is 16.5. The van der Waals surface area contributed by atoms with Gasteiger partial charge in [0, 0.05) is 6.07 Å². The van der Waals surface area contributed by atoms with E-state index in [4.69, 9.17) is 5.21 Å². The van der Waals surface area contributed by atoms with E-state index in [9.17, 15) is 9.59 Å². The Bertz CT molecular complexity index is 313. The standard InChI is InChI=1S/C6H7N3O3/c10-5-2-1-4(7-8-5)3-6(11)9-12/h1-2,12H,3H2,(H,8,10)(H,9,11). The summed E-state index contributed by atoms with van der Waals surface area (Å²) in [6.45, 7) is 0. The first kappa shape index (κ1) is 8.41. The molecule has 0 bridgehead atoms. The third kappa shape index (κ3) is 2.17. The molecule has 1 rings (SSSR count). The molecule has 3 N–H and O–H groups in total. The first-order valence-corrected chi connectivity index (χ1v) is 3.20. The Morgan fingerprint density at radius 3 is 2.92 bits per heavy atom. The fraction of sp³-hybridized carbons (Fsp3) is 0.167. The molecule has 1 amide bonds. The molecule has 1 aromatic rings. The van der Waals surface area contributed by atoms with Crippen LogP contribution in [0.1, 0.15) is 5.69 Å². The van der Waals surface area contributed by atoms with Crippen LogP contribution in [0.15, 0.2) is 16.9 Å². The third-order valence-corrected chi connectivity index (χ3v) is 1.20. The van der Waals surface area contributed by atoms with E-state index in [2.05, 4.69) is 10.2 Å². The molecule has 0 saturated carbocycles. The maximum atomic E-state index is 10.6. The summed E-state index contributed by atoms with van der Waals surface area (Å²) in [4.78, 5) is 21.1. The molecule has 0 fully saturated rings. The van der Waals surface area contributed by atoms with Gasteiger partial charge in [-0.25, -0.2) is 10.6 Å². The number of carbonyl (C=O) groups excluding carboxylic acids is 1. The van der Waals surface area contributed by atoms with Crippen molar-refractivity contribution in [3.05, 3.63) is 28.2 Å². The minimum atomic E-state index is -0.574. The lowest BCUT2D eigenvalue weighted by Gasteiger charge is -1.95. The molecule has 0 radical (unpaired) electrons. The van der Waals surface area contributed by atoms with Gasteiger partial charge in [0.05, 0.1) is 12.1 Å². The van der Waals surface area contributed by atoms with Crippen molar-refractivity contribution in [2.24, 2.45) is 0 Å². The van der Waals surface area contributed by atoms with E-state index in [0.717, 1.165) is 0 Å². The predicted molar refractivity (Wildman–Crippen MR) is 38.5 cm³/mol. The smallest absolute Gasteiger partial charge is 0.264 e. The predicted octanol–water partition coefficient (Wildman–Crippen LogP) is -1.18. The molecule has 0 atom stereocenters. The normalized spacial score (nSPS) is 9.42. The summed E-state index contributed by atoms with van der Waals surface area (Å²) in [6.07, 6.45) is -0.0622. The second-order valence-corrected chi connectivity index (χ2v) is 2.12. The molecular formula is C6H7N3O3. The first-order valence-electron chi connectivity index (χ1n) is 3.20. The highest BCUT2D eigenvalue weighted by Crippen LogP contribution is 1.89. The van der Waals surface area contributed by atoms with Crippen LogP contribution in [0.3, 0.4) is 0 Å². The average molecular weight is 169 g/mol. The highest BCUT2D eigenvalue weighted by Gasteiger charge is 2.01. The van der Waals surface area contributed by atoms with Crippen LogP contribution in [0.2, 0.25) is 0 Å². The molecule has 0 saturated heterocycles. The zero-order chi connectivity index (χ0) is 8.97. The lowest BCUT2D eigenvalue weighted by Crippen LogP contribution is -2.22. The number of nitrogens with zero attached hydrogens (tertiary/aromatic N) is 1. The fourth-order valence-electron chi connectivity index (χ4n) is 0.676. The Morgan fingerprint density at radius 2 is 2.42 bits per heavy atom. The maximum Gasteiger partial charge on any atom is 0.264 e. The zero-order valence-corrected chi connectivity index (χ0v) is 6.07. The zero-order valence-electron chi connectivity index (χ0n) is 6.07. The van der Waals surface area contributed by atoms with E-state index in [0.29, 0.717) is 5.69 Å². The monoisotopic (exact) mass is 169 g/mol. The van der Waals surface area contributed by atoms with Crippen molar-refractivity contribution in [1.29, 1.82) is 0 Å². The maximum absolute atomic E-state index is 10.6. The van der Waals surface area contributed by atoms with E-state index in [-0.39, 0.29) is 12.0 Å². The molecule has 0 unspecified atom stereocenters. The van der Waals surface area contributed by atoms with E-state index in [1.54, 1.807) is 0 Å². The number of aromatic amines is 1. The van der Waals surface area contributed by atoms with Gasteiger partial charge in [0.1, 0.15) is 0 Å². The van der Waals surface area contributed by atoms with Crippen LogP contribution in [0.5, 0.6) is 0 Å². The van der Waals surface area contributed by atoms with Crippen LogP contribution >= 0.6 is 0 Å². The number of amides is 1. The minimum absolute atomic E-state index is 0.0622. The number of hydroxylamine groups is 1. The quantitative estimate of drug-likeness (QED) is 0.383. The van der Waals surface area contributed by atoms with Crippen molar-refractivity contribution in [1.82, 2.24) is 15.7 Å². The Morgan fingerprint density at radius 1 is 1.67 bits per heavy atom. The Kier molecular flexibility index (Phi) is 2.54. The van der Waals surface area contributed by atoms with Crippen LogP contribution in [0, 0.1) is 0 Å². The molecule has 64 valence electrons. The number of H-pyrrole nitrogens is 1. The van der Waals surface area contributed by atoms with Gasteiger partial charge in [-0.05, 0) is 6.07 Å². The average Bonchev–Trinajstić information content (AvgIpc) is 2.09. The van der Waals surface area contributed by atoms with Crippen LogP contribution < -0.4 is 11.0 Å². The van der Waals surface area contributed by atoms with Gasteiger partial charge in [-0.2, -0.15) is 5.10 Å². The van der Waals surface area contributed by atoms with Gasteiger partial charge in [-0.15, -0.1) is 0 Å². The fourth-order valence-corrected chi connectivity index (χ4v) is 0.676. The largest absolute Gasteiger partial charge is 0.289 e. The molecule has 6 heteroatoms. The molecular weight excluding hydrogens is 162 g/mol. The van der Waals surface area contributed by atoms with Gasteiger partial charge in [0.15, 0.2) is 0 Å². The van der Waals surface area contributed by atoms with Crippen LogP contribution in [0.25, 0.3) is 0 Å². The van der Waals surface area contributed by atoms with E-state index in [1.165, 1.54) is 17.6 Å². The van der Waals surface area contributed by atoms with Crippen LogP contribution in [-0.2, 0) is 11.2 Å². The SMILES string of the molecule is O=C(Cc1ccc(=O)[nH]n1)NO. The Balaban J connectivity index is 2.71.